The van der Waals surface area contributed by atoms with Crippen molar-refractivity contribution in [1.29, 1.82) is 0 Å². The molecule has 0 aliphatic heterocycles. The maximum atomic E-state index is 4.13. The third-order valence-electron chi connectivity index (χ3n) is 4.58. The van der Waals surface area contributed by atoms with E-state index in [0.717, 1.165) is 12.0 Å². The molecule has 2 heteroatoms. The SMILES string of the molecule is Bc1cc2c(cc1C(=C)C)-c1cc(C(C)(C)C)c(Br)cc1C2. The fourth-order valence-corrected chi connectivity index (χ4v) is 4.40. The van der Waals surface area contributed by atoms with Crippen LogP contribution in [-0.2, 0) is 11.8 Å². The average molecular weight is 353 g/mol. The smallest absolute Gasteiger partial charge is 0.0955 e. The normalized spacial score (nSPS) is 13.0. The molecule has 0 bridgehead atoms. The van der Waals surface area contributed by atoms with Gasteiger partial charge >= 0.3 is 0 Å². The van der Waals surface area contributed by atoms with E-state index >= 15 is 0 Å². The molecular formula is C20H22BBr. The lowest BCUT2D eigenvalue weighted by Gasteiger charge is -2.22. The zero-order chi connectivity index (χ0) is 16.2. The van der Waals surface area contributed by atoms with E-state index in [1.165, 1.54) is 43.3 Å². The summed E-state index contributed by atoms with van der Waals surface area (Å²) >= 11 is 3.77. The molecule has 0 saturated heterocycles. The van der Waals surface area contributed by atoms with Crippen molar-refractivity contribution < 1.29 is 0 Å². The Morgan fingerprint density at radius 2 is 1.68 bits per heavy atom. The summed E-state index contributed by atoms with van der Waals surface area (Å²) in [5, 5.41) is 0. The number of hydrogen-bond donors (Lipinski definition) is 0. The molecule has 0 amide bonds. The lowest BCUT2D eigenvalue weighted by atomic mass is 9.83. The lowest BCUT2D eigenvalue weighted by Crippen LogP contribution is -2.12. The van der Waals surface area contributed by atoms with Crippen molar-refractivity contribution >= 4 is 34.8 Å². The van der Waals surface area contributed by atoms with Crippen LogP contribution in [-0.4, -0.2) is 7.85 Å². The monoisotopic (exact) mass is 352 g/mol. The molecule has 0 saturated carbocycles. The molecule has 0 aromatic heterocycles. The Labute approximate surface area is 143 Å². The van der Waals surface area contributed by atoms with Gasteiger partial charge in [-0.1, -0.05) is 60.4 Å². The van der Waals surface area contributed by atoms with Crippen LogP contribution in [0.5, 0.6) is 0 Å². The molecule has 3 rings (SSSR count). The highest BCUT2D eigenvalue weighted by Gasteiger charge is 2.25. The standard InChI is InChI=1S/C20H22BBr/c1-11(2)14-9-15-12(7-18(14)21)6-13-8-19(22)17(10-16(13)15)20(3,4)5/h7-10H,1,6,21H2,2-5H3. The molecule has 0 unspecified atom stereocenters. The fourth-order valence-electron chi connectivity index (χ4n) is 3.42. The summed E-state index contributed by atoms with van der Waals surface area (Å²) in [4.78, 5) is 0. The summed E-state index contributed by atoms with van der Waals surface area (Å²) < 4.78 is 1.23. The Balaban J connectivity index is 2.24. The maximum absolute atomic E-state index is 4.13. The molecule has 0 spiro atoms. The third kappa shape index (κ3) is 2.48. The van der Waals surface area contributed by atoms with Gasteiger partial charge in [0.05, 0.1) is 0 Å². The Morgan fingerprint density at radius 3 is 2.27 bits per heavy atom. The van der Waals surface area contributed by atoms with Crippen molar-refractivity contribution in [3.63, 3.8) is 0 Å². The number of fused-ring (bicyclic) bond motifs is 3. The highest BCUT2D eigenvalue weighted by molar-refractivity contribution is 9.10. The van der Waals surface area contributed by atoms with Gasteiger partial charge in [-0.3, -0.25) is 0 Å². The van der Waals surface area contributed by atoms with Crippen molar-refractivity contribution in [1.82, 2.24) is 0 Å². The minimum atomic E-state index is 0.137. The predicted octanol–water partition coefficient (Wildman–Crippen LogP) is 4.61. The van der Waals surface area contributed by atoms with Gasteiger partial charge in [0.2, 0.25) is 0 Å². The van der Waals surface area contributed by atoms with E-state index in [0.29, 0.717) is 0 Å². The first kappa shape index (κ1) is 15.6. The first-order chi connectivity index (χ1) is 10.2. The molecule has 2 aromatic rings. The quantitative estimate of drug-likeness (QED) is 0.561. The van der Waals surface area contributed by atoms with E-state index in [-0.39, 0.29) is 5.41 Å². The van der Waals surface area contributed by atoms with Gasteiger partial charge in [0.1, 0.15) is 7.85 Å². The number of rotatable bonds is 1. The van der Waals surface area contributed by atoms with E-state index < -0.39 is 0 Å². The first-order valence-electron chi connectivity index (χ1n) is 7.81. The Hall–Kier alpha value is -1.28. The first-order valence-corrected chi connectivity index (χ1v) is 8.60. The maximum Gasteiger partial charge on any atom is 0.140 e. The van der Waals surface area contributed by atoms with Crippen LogP contribution in [0.15, 0.2) is 35.3 Å². The topological polar surface area (TPSA) is 0 Å². The minimum absolute atomic E-state index is 0.137. The summed E-state index contributed by atoms with van der Waals surface area (Å²) in [5.74, 6) is 0. The molecule has 0 fully saturated rings. The van der Waals surface area contributed by atoms with Crippen molar-refractivity contribution in [3.8, 4) is 11.1 Å². The van der Waals surface area contributed by atoms with Crippen molar-refractivity contribution in [3.05, 3.63) is 57.6 Å². The number of allylic oxidation sites excluding steroid dienone is 1. The largest absolute Gasteiger partial charge is 0.140 e. The van der Waals surface area contributed by atoms with Crippen molar-refractivity contribution in [2.45, 2.75) is 39.5 Å². The summed E-state index contributed by atoms with van der Waals surface area (Å²) in [6, 6.07) is 9.36. The second-order valence-corrected chi connectivity index (χ2v) is 8.37. The van der Waals surface area contributed by atoms with Crippen LogP contribution in [0.2, 0.25) is 0 Å². The highest BCUT2D eigenvalue weighted by Crippen LogP contribution is 2.42. The van der Waals surface area contributed by atoms with Crippen molar-refractivity contribution in [2.24, 2.45) is 0 Å². The summed E-state index contributed by atoms with van der Waals surface area (Å²) in [7, 11) is 2.18. The van der Waals surface area contributed by atoms with E-state index in [2.05, 4.69) is 82.3 Å². The molecule has 0 nitrogen and oxygen atoms in total. The molecule has 0 atom stereocenters. The Kier molecular flexibility index (Phi) is 3.64. The number of hydrogen-bond acceptors (Lipinski definition) is 0. The molecule has 0 heterocycles. The van der Waals surface area contributed by atoms with Crippen molar-refractivity contribution in [2.75, 3.05) is 0 Å². The van der Waals surface area contributed by atoms with Crippen LogP contribution in [0.25, 0.3) is 16.7 Å². The van der Waals surface area contributed by atoms with Gasteiger partial charge in [-0.05, 0) is 70.3 Å². The Bertz CT molecular complexity index is 794. The molecule has 22 heavy (non-hydrogen) atoms. The van der Waals surface area contributed by atoms with Crippen LogP contribution in [0.3, 0.4) is 0 Å². The van der Waals surface area contributed by atoms with Crippen LogP contribution in [0.4, 0.5) is 0 Å². The van der Waals surface area contributed by atoms with Crippen LogP contribution >= 0.6 is 15.9 Å². The summed E-state index contributed by atoms with van der Waals surface area (Å²) in [5.41, 5.74) is 10.9. The predicted molar refractivity (Wildman–Crippen MR) is 104 cm³/mol. The van der Waals surface area contributed by atoms with Gasteiger partial charge < -0.3 is 0 Å². The zero-order valence-electron chi connectivity index (χ0n) is 14.1. The van der Waals surface area contributed by atoms with Gasteiger partial charge in [0, 0.05) is 4.47 Å². The van der Waals surface area contributed by atoms with E-state index in [9.17, 15) is 0 Å². The van der Waals surface area contributed by atoms with E-state index in [1.807, 2.05) is 0 Å². The van der Waals surface area contributed by atoms with Crippen LogP contribution in [0.1, 0.15) is 49.9 Å². The van der Waals surface area contributed by atoms with Crippen LogP contribution in [0, 0.1) is 0 Å². The van der Waals surface area contributed by atoms with Gasteiger partial charge in [-0.25, -0.2) is 0 Å². The van der Waals surface area contributed by atoms with E-state index in [4.69, 9.17) is 0 Å². The molecule has 1 aliphatic rings. The molecule has 112 valence electrons. The minimum Gasteiger partial charge on any atom is -0.0955 e. The Morgan fingerprint density at radius 1 is 1.09 bits per heavy atom. The molecule has 0 radical (unpaired) electrons. The lowest BCUT2D eigenvalue weighted by molar-refractivity contribution is 0.587. The molecular weight excluding hydrogens is 331 g/mol. The number of benzene rings is 2. The molecule has 2 aromatic carbocycles. The van der Waals surface area contributed by atoms with Gasteiger partial charge in [0.25, 0.3) is 0 Å². The van der Waals surface area contributed by atoms with Crippen LogP contribution < -0.4 is 5.46 Å². The number of halogens is 1. The van der Waals surface area contributed by atoms with Gasteiger partial charge in [-0.2, -0.15) is 0 Å². The average Bonchev–Trinajstić information content (AvgIpc) is 2.71. The fraction of sp³-hybridized carbons (Fsp3) is 0.300. The zero-order valence-corrected chi connectivity index (χ0v) is 15.7. The summed E-state index contributed by atoms with van der Waals surface area (Å²) in [6.45, 7) is 13.0. The second kappa shape index (κ2) is 5.13. The second-order valence-electron chi connectivity index (χ2n) is 7.52. The van der Waals surface area contributed by atoms with Gasteiger partial charge in [0.15, 0.2) is 0 Å². The molecule has 1 aliphatic carbocycles. The molecule has 0 N–H and O–H groups in total. The van der Waals surface area contributed by atoms with Gasteiger partial charge in [-0.15, -0.1) is 0 Å². The highest BCUT2D eigenvalue weighted by atomic mass is 79.9. The van der Waals surface area contributed by atoms with E-state index in [1.54, 1.807) is 0 Å². The third-order valence-corrected chi connectivity index (χ3v) is 5.24. The summed E-state index contributed by atoms with van der Waals surface area (Å²) in [6.07, 6.45) is 1.03.